The average molecular weight is 273 g/mol. The number of carbonyl (C=O) groups is 2. The van der Waals surface area contributed by atoms with Gasteiger partial charge in [-0.3, -0.25) is 10.2 Å². The molecule has 0 radical (unpaired) electrons. The third-order valence-electron chi connectivity index (χ3n) is 3.82. The van der Waals surface area contributed by atoms with E-state index in [0.717, 1.165) is 0 Å². The SMILES string of the molecule is CN1C(=O)NC(=O)N([C@H]2C[C@H](O)[C@@H](CO)O2)C1(C)C. The fourth-order valence-electron chi connectivity index (χ4n) is 2.41. The number of aliphatic hydroxyl groups is 2. The Bertz CT molecular complexity index is 400. The smallest absolute Gasteiger partial charge is 0.329 e. The maximum atomic E-state index is 12.0. The normalized spacial score (nSPS) is 34.7. The summed E-state index contributed by atoms with van der Waals surface area (Å²) in [5.41, 5.74) is -0.881. The molecule has 2 fully saturated rings. The van der Waals surface area contributed by atoms with Gasteiger partial charge in [0.05, 0.1) is 12.7 Å². The molecular formula is C11H19N3O5. The lowest BCUT2D eigenvalue weighted by atomic mass is 10.1. The van der Waals surface area contributed by atoms with Crippen LogP contribution in [0.15, 0.2) is 0 Å². The Hall–Kier alpha value is -1.38. The van der Waals surface area contributed by atoms with Crippen molar-refractivity contribution in [3.05, 3.63) is 0 Å². The number of nitrogens with one attached hydrogen (secondary N) is 1. The van der Waals surface area contributed by atoms with E-state index in [-0.39, 0.29) is 13.0 Å². The molecule has 0 aromatic carbocycles. The Morgan fingerprint density at radius 1 is 1.42 bits per heavy atom. The molecule has 2 heterocycles. The van der Waals surface area contributed by atoms with Crippen LogP contribution in [-0.2, 0) is 4.74 Å². The molecule has 0 bridgehead atoms. The van der Waals surface area contributed by atoms with E-state index in [1.165, 1.54) is 9.80 Å². The van der Waals surface area contributed by atoms with Crippen LogP contribution < -0.4 is 5.32 Å². The number of nitrogens with zero attached hydrogens (tertiary/aromatic N) is 2. The topological polar surface area (TPSA) is 102 Å². The van der Waals surface area contributed by atoms with Crippen molar-refractivity contribution < 1.29 is 24.5 Å². The molecule has 2 aliphatic heterocycles. The van der Waals surface area contributed by atoms with Crippen molar-refractivity contribution >= 4 is 12.1 Å². The molecule has 0 aliphatic carbocycles. The van der Waals surface area contributed by atoms with E-state index in [2.05, 4.69) is 5.32 Å². The lowest BCUT2D eigenvalue weighted by molar-refractivity contribution is -0.116. The fourth-order valence-corrected chi connectivity index (χ4v) is 2.41. The van der Waals surface area contributed by atoms with Gasteiger partial charge in [0.1, 0.15) is 18.0 Å². The standard InChI is InChI=1S/C11H19N3O5/c1-11(2)13(3)9(17)12-10(18)14(11)8-4-6(16)7(5-15)19-8/h6-8,15-16H,4-5H2,1-3H3,(H,12,17,18)/t6-,7+,8+/m0/s1. The molecule has 2 saturated heterocycles. The van der Waals surface area contributed by atoms with E-state index in [9.17, 15) is 14.7 Å². The van der Waals surface area contributed by atoms with Crippen LogP contribution in [0.5, 0.6) is 0 Å². The summed E-state index contributed by atoms with van der Waals surface area (Å²) in [4.78, 5) is 26.4. The van der Waals surface area contributed by atoms with Crippen LogP contribution >= 0.6 is 0 Å². The quantitative estimate of drug-likeness (QED) is 0.615. The first-order valence-electron chi connectivity index (χ1n) is 6.11. The second-order valence-electron chi connectivity index (χ2n) is 5.27. The number of carbonyl (C=O) groups excluding carboxylic acids is 2. The van der Waals surface area contributed by atoms with Gasteiger partial charge in [-0.15, -0.1) is 0 Å². The number of aliphatic hydroxyl groups excluding tert-OH is 2. The van der Waals surface area contributed by atoms with Crippen LogP contribution in [-0.4, -0.2) is 69.8 Å². The van der Waals surface area contributed by atoms with E-state index in [0.29, 0.717) is 0 Å². The Balaban J connectivity index is 2.23. The molecule has 0 aromatic rings. The summed E-state index contributed by atoms with van der Waals surface area (Å²) in [6.45, 7) is 3.11. The van der Waals surface area contributed by atoms with Crippen molar-refractivity contribution in [3.63, 3.8) is 0 Å². The summed E-state index contributed by atoms with van der Waals surface area (Å²) < 4.78 is 5.48. The first-order chi connectivity index (χ1) is 8.78. The highest BCUT2D eigenvalue weighted by Crippen LogP contribution is 2.32. The molecular weight excluding hydrogens is 254 g/mol. The molecule has 4 amide bonds. The number of hydrogen-bond donors (Lipinski definition) is 3. The summed E-state index contributed by atoms with van der Waals surface area (Å²) in [7, 11) is 1.57. The fraction of sp³-hybridized carbons (Fsp3) is 0.818. The molecule has 19 heavy (non-hydrogen) atoms. The van der Waals surface area contributed by atoms with Crippen LogP contribution in [0.1, 0.15) is 20.3 Å². The maximum absolute atomic E-state index is 12.0. The van der Waals surface area contributed by atoms with Crippen molar-refractivity contribution in [2.24, 2.45) is 0 Å². The van der Waals surface area contributed by atoms with E-state index < -0.39 is 36.2 Å². The molecule has 2 rings (SSSR count). The minimum atomic E-state index is -0.881. The monoisotopic (exact) mass is 273 g/mol. The second kappa shape index (κ2) is 4.62. The number of imide groups is 1. The van der Waals surface area contributed by atoms with E-state index in [1.54, 1.807) is 20.9 Å². The maximum Gasteiger partial charge on any atom is 0.329 e. The van der Waals surface area contributed by atoms with E-state index in [4.69, 9.17) is 9.84 Å². The molecule has 0 aromatic heterocycles. The van der Waals surface area contributed by atoms with Crippen LogP contribution in [0.25, 0.3) is 0 Å². The number of hydrogen-bond acceptors (Lipinski definition) is 5. The number of rotatable bonds is 2. The van der Waals surface area contributed by atoms with Gasteiger partial charge in [0, 0.05) is 13.5 Å². The molecule has 8 nitrogen and oxygen atoms in total. The Morgan fingerprint density at radius 3 is 2.58 bits per heavy atom. The molecule has 0 unspecified atom stereocenters. The molecule has 8 heteroatoms. The molecule has 3 atom stereocenters. The van der Waals surface area contributed by atoms with Crippen molar-refractivity contribution in [2.75, 3.05) is 13.7 Å². The third-order valence-corrected chi connectivity index (χ3v) is 3.82. The highest BCUT2D eigenvalue weighted by molar-refractivity contribution is 5.96. The molecule has 2 aliphatic rings. The zero-order valence-corrected chi connectivity index (χ0v) is 11.2. The molecule has 0 saturated carbocycles. The molecule has 108 valence electrons. The van der Waals surface area contributed by atoms with Crippen molar-refractivity contribution in [2.45, 2.75) is 44.4 Å². The summed E-state index contributed by atoms with van der Waals surface area (Å²) in [5.74, 6) is 0. The van der Waals surface area contributed by atoms with Gasteiger partial charge in [-0.25, -0.2) is 9.59 Å². The van der Waals surface area contributed by atoms with Gasteiger partial charge in [-0.2, -0.15) is 0 Å². The summed E-state index contributed by atoms with van der Waals surface area (Å²) in [5, 5.41) is 21.0. The van der Waals surface area contributed by atoms with Gasteiger partial charge in [0.2, 0.25) is 0 Å². The van der Waals surface area contributed by atoms with E-state index in [1.807, 2.05) is 0 Å². The Morgan fingerprint density at radius 2 is 2.05 bits per heavy atom. The largest absolute Gasteiger partial charge is 0.394 e. The second-order valence-corrected chi connectivity index (χ2v) is 5.27. The third kappa shape index (κ3) is 2.15. The van der Waals surface area contributed by atoms with Gasteiger partial charge in [-0.05, 0) is 13.8 Å². The Kier molecular flexibility index (Phi) is 3.41. The minimum absolute atomic E-state index is 0.199. The zero-order valence-electron chi connectivity index (χ0n) is 11.2. The van der Waals surface area contributed by atoms with Crippen LogP contribution in [0, 0.1) is 0 Å². The first kappa shape index (κ1) is 14.0. The van der Waals surface area contributed by atoms with Gasteiger partial charge in [-0.1, -0.05) is 0 Å². The van der Waals surface area contributed by atoms with Gasteiger partial charge < -0.3 is 19.8 Å². The van der Waals surface area contributed by atoms with Crippen molar-refractivity contribution in [1.29, 1.82) is 0 Å². The lowest BCUT2D eigenvalue weighted by Crippen LogP contribution is -2.71. The highest BCUT2D eigenvalue weighted by atomic mass is 16.5. The number of urea groups is 2. The zero-order chi connectivity index (χ0) is 14.4. The molecule has 0 spiro atoms. The lowest BCUT2D eigenvalue weighted by Gasteiger charge is -2.49. The van der Waals surface area contributed by atoms with E-state index >= 15 is 0 Å². The summed E-state index contributed by atoms with van der Waals surface area (Å²) in [6, 6.07) is -1.05. The summed E-state index contributed by atoms with van der Waals surface area (Å²) in [6.07, 6.45) is -2.03. The van der Waals surface area contributed by atoms with Gasteiger partial charge in [0.15, 0.2) is 0 Å². The van der Waals surface area contributed by atoms with Crippen LogP contribution in [0.4, 0.5) is 9.59 Å². The van der Waals surface area contributed by atoms with Crippen LogP contribution in [0.3, 0.4) is 0 Å². The predicted octanol–water partition coefficient (Wildman–Crippen LogP) is -0.732. The highest BCUT2D eigenvalue weighted by Gasteiger charge is 2.50. The van der Waals surface area contributed by atoms with Crippen LogP contribution in [0.2, 0.25) is 0 Å². The molecule has 3 N–H and O–H groups in total. The van der Waals surface area contributed by atoms with Gasteiger partial charge in [0.25, 0.3) is 0 Å². The minimum Gasteiger partial charge on any atom is -0.394 e. The van der Waals surface area contributed by atoms with Gasteiger partial charge >= 0.3 is 12.1 Å². The van der Waals surface area contributed by atoms with Crippen molar-refractivity contribution in [3.8, 4) is 0 Å². The number of amides is 4. The average Bonchev–Trinajstić information content (AvgIpc) is 2.67. The predicted molar refractivity (Wildman–Crippen MR) is 64.0 cm³/mol. The number of ether oxygens (including phenoxy) is 1. The Labute approximate surface area is 110 Å². The summed E-state index contributed by atoms with van der Waals surface area (Å²) >= 11 is 0. The first-order valence-corrected chi connectivity index (χ1v) is 6.11. The van der Waals surface area contributed by atoms with Crippen molar-refractivity contribution in [1.82, 2.24) is 15.1 Å².